The van der Waals surface area contributed by atoms with Gasteiger partial charge in [0.1, 0.15) is 23.8 Å². The lowest BCUT2D eigenvalue weighted by Crippen LogP contribution is -2.39. The third kappa shape index (κ3) is 6.69. The highest BCUT2D eigenvalue weighted by molar-refractivity contribution is 5.64. The second-order valence-electron chi connectivity index (χ2n) is 10.4. The van der Waals surface area contributed by atoms with Crippen LogP contribution in [0.15, 0.2) is 66.7 Å². The summed E-state index contributed by atoms with van der Waals surface area (Å²) in [6.45, 7) is 5.91. The van der Waals surface area contributed by atoms with Crippen LogP contribution in [0.3, 0.4) is 0 Å². The second kappa shape index (κ2) is 12.6. The molecular weight excluding hydrogens is 470 g/mol. The molecule has 0 unspecified atom stereocenters. The van der Waals surface area contributed by atoms with Crippen molar-refractivity contribution in [3.63, 3.8) is 0 Å². The minimum Gasteiger partial charge on any atom is -0.366 e. The molecule has 1 aromatic heterocycles. The van der Waals surface area contributed by atoms with Crippen LogP contribution >= 0.6 is 0 Å². The molecule has 7 heteroatoms. The van der Waals surface area contributed by atoms with Crippen molar-refractivity contribution in [1.82, 2.24) is 14.8 Å². The summed E-state index contributed by atoms with van der Waals surface area (Å²) in [4.78, 5) is 9.73. The smallest absolute Gasteiger partial charge is 0.146 e. The van der Waals surface area contributed by atoms with Gasteiger partial charge in [-0.2, -0.15) is 10.5 Å². The summed E-state index contributed by atoms with van der Waals surface area (Å²) in [6, 6.07) is 27.8. The lowest BCUT2D eigenvalue weighted by molar-refractivity contribution is 0.211. The van der Waals surface area contributed by atoms with Crippen LogP contribution in [-0.2, 0) is 13.1 Å². The van der Waals surface area contributed by atoms with Gasteiger partial charge in [0.2, 0.25) is 0 Å². The van der Waals surface area contributed by atoms with E-state index in [9.17, 15) is 10.5 Å². The summed E-state index contributed by atoms with van der Waals surface area (Å²) in [5, 5.41) is 26.6. The normalized spacial score (nSPS) is 17.4. The van der Waals surface area contributed by atoms with Gasteiger partial charge in [-0.15, -0.1) is 0 Å². The molecule has 0 saturated carbocycles. The number of aromatic nitrogens is 1. The fraction of sp³-hybridized carbons (Fsp3) is 0.387. The summed E-state index contributed by atoms with van der Waals surface area (Å²) in [5.74, 6) is 1.16. The van der Waals surface area contributed by atoms with E-state index in [-0.39, 0.29) is 12.1 Å². The SMILES string of the molecule is N#Cc1cc(C#N)c(NC2CCN(Cc3ccccc3)CC2)nc1NC1CCN(Cc2ccccc2)CC1. The van der Waals surface area contributed by atoms with E-state index in [4.69, 9.17) is 4.98 Å². The maximum absolute atomic E-state index is 9.76. The molecule has 2 saturated heterocycles. The van der Waals surface area contributed by atoms with E-state index in [1.165, 1.54) is 11.1 Å². The number of hydrogen-bond acceptors (Lipinski definition) is 7. The predicted molar refractivity (Wildman–Crippen MR) is 150 cm³/mol. The monoisotopic (exact) mass is 505 g/mol. The van der Waals surface area contributed by atoms with Crippen LogP contribution in [0.5, 0.6) is 0 Å². The topological polar surface area (TPSA) is 91.0 Å². The zero-order valence-electron chi connectivity index (χ0n) is 21.8. The van der Waals surface area contributed by atoms with Crippen LogP contribution in [0.25, 0.3) is 0 Å². The predicted octanol–water partition coefficient (Wildman–Crippen LogP) is 4.98. The van der Waals surface area contributed by atoms with Gasteiger partial charge >= 0.3 is 0 Å². The number of pyridine rings is 1. The molecule has 38 heavy (non-hydrogen) atoms. The number of rotatable bonds is 8. The van der Waals surface area contributed by atoms with Crippen molar-refractivity contribution in [1.29, 1.82) is 10.5 Å². The van der Waals surface area contributed by atoms with E-state index in [2.05, 4.69) is 93.2 Å². The van der Waals surface area contributed by atoms with Gasteiger partial charge in [-0.1, -0.05) is 60.7 Å². The van der Waals surface area contributed by atoms with E-state index in [1.807, 2.05) is 0 Å². The van der Waals surface area contributed by atoms with Gasteiger partial charge in [-0.25, -0.2) is 4.98 Å². The van der Waals surface area contributed by atoms with Crippen molar-refractivity contribution in [3.8, 4) is 12.1 Å². The number of anilines is 2. The van der Waals surface area contributed by atoms with Gasteiger partial charge in [0.25, 0.3) is 0 Å². The van der Waals surface area contributed by atoms with Crippen LogP contribution < -0.4 is 10.6 Å². The van der Waals surface area contributed by atoms with Crippen LogP contribution in [0.2, 0.25) is 0 Å². The molecule has 2 aliphatic rings. The number of nitrogens with one attached hydrogen (secondary N) is 2. The third-order valence-corrected chi connectivity index (χ3v) is 7.62. The fourth-order valence-electron chi connectivity index (χ4n) is 5.44. The highest BCUT2D eigenvalue weighted by Crippen LogP contribution is 2.26. The van der Waals surface area contributed by atoms with Crippen molar-refractivity contribution in [2.24, 2.45) is 0 Å². The molecule has 2 aromatic carbocycles. The molecule has 0 atom stereocenters. The Kier molecular flexibility index (Phi) is 8.50. The summed E-state index contributed by atoms with van der Waals surface area (Å²) < 4.78 is 0. The van der Waals surface area contributed by atoms with Crippen molar-refractivity contribution >= 4 is 11.6 Å². The first-order valence-corrected chi connectivity index (χ1v) is 13.6. The highest BCUT2D eigenvalue weighted by Gasteiger charge is 2.24. The largest absolute Gasteiger partial charge is 0.366 e. The van der Waals surface area contributed by atoms with Gasteiger partial charge in [0.15, 0.2) is 0 Å². The van der Waals surface area contributed by atoms with E-state index < -0.39 is 0 Å². The maximum atomic E-state index is 9.76. The maximum Gasteiger partial charge on any atom is 0.146 e. The molecule has 7 nitrogen and oxygen atoms in total. The summed E-state index contributed by atoms with van der Waals surface area (Å²) in [5.41, 5.74) is 3.52. The Balaban J connectivity index is 1.18. The Hall–Kier alpha value is -3.91. The number of hydrogen-bond donors (Lipinski definition) is 2. The molecule has 0 amide bonds. The van der Waals surface area contributed by atoms with Crippen LogP contribution in [-0.4, -0.2) is 53.0 Å². The van der Waals surface area contributed by atoms with E-state index in [0.717, 1.165) is 65.0 Å². The first-order chi connectivity index (χ1) is 18.7. The molecule has 3 aromatic rings. The van der Waals surface area contributed by atoms with Crippen molar-refractivity contribution in [2.75, 3.05) is 36.8 Å². The zero-order chi connectivity index (χ0) is 26.2. The van der Waals surface area contributed by atoms with Crippen LogP contribution in [0, 0.1) is 22.7 Å². The Morgan fingerprint density at radius 2 is 1.05 bits per heavy atom. The molecule has 194 valence electrons. The summed E-state index contributed by atoms with van der Waals surface area (Å²) in [6.07, 6.45) is 3.95. The van der Waals surface area contributed by atoms with Crippen LogP contribution in [0.1, 0.15) is 47.9 Å². The second-order valence-corrected chi connectivity index (χ2v) is 10.4. The Morgan fingerprint density at radius 1 is 0.658 bits per heavy atom. The molecule has 3 heterocycles. The molecule has 0 bridgehead atoms. The summed E-state index contributed by atoms with van der Waals surface area (Å²) >= 11 is 0. The quantitative estimate of drug-likeness (QED) is 0.446. The molecule has 5 rings (SSSR count). The van der Waals surface area contributed by atoms with E-state index in [0.29, 0.717) is 22.8 Å². The minimum absolute atomic E-state index is 0.253. The Labute approximate surface area is 225 Å². The number of piperidine rings is 2. The molecule has 0 radical (unpaired) electrons. The average molecular weight is 506 g/mol. The number of likely N-dealkylation sites (tertiary alicyclic amines) is 2. The van der Waals surface area contributed by atoms with Gasteiger partial charge in [0.05, 0.1) is 11.1 Å². The average Bonchev–Trinajstić information content (AvgIpc) is 2.96. The minimum atomic E-state index is 0.253. The summed E-state index contributed by atoms with van der Waals surface area (Å²) in [7, 11) is 0. The molecular formula is C31H35N7. The van der Waals surface area contributed by atoms with Crippen molar-refractivity contribution in [2.45, 2.75) is 50.9 Å². The number of nitrogens with zero attached hydrogens (tertiary/aromatic N) is 5. The third-order valence-electron chi connectivity index (χ3n) is 7.62. The molecule has 0 aliphatic carbocycles. The van der Waals surface area contributed by atoms with Gasteiger partial charge in [-0.3, -0.25) is 9.80 Å². The number of benzene rings is 2. The lowest BCUT2D eigenvalue weighted by atomic mass is 10.0. The van der Waals surface area contributed by atoms with Gasteiger partial charge < -0.3 is 10.6 Å². The van der Waals surface area contributed by atoms with Gasteiger partial charge in [0, 0.05) is 51.4 Å². The van der Waals surface area contributed by atoms with E-state index in [1.54, 1.807) is 6.07 Å². The number of nitriles is 2. The van der Waals surface area contributed by atoms with Gasteiger partial charge in [-0.05, 0) is 42.9 Å². The fourth-order valence-corrected chi connectivity index (χ4v) is 5.44. The van der Waals surface area contributed by atoms with E-state index >= 15 is 0 Å². The van der Waals surface area contributed by atoms with Crippen molar-refractivity contribution in [3.05, 3.63) is 89.0 Å². The Morgan fingerprint density at radius 3 is 1.42 bits per heavy atom. The first-order valence-electron chi connectivity index (χ1n) is 13.6. The first kappa shape index (κ1) is 25.7. The van der Waals surface area contributed by atoms with Crippen LogP contribution in [0.4, 0.5) is 11.6 Å². The molecule has 2 aliphatic heterocycles. The molecule has 0 spiro atoms. The molecule has 2 fully saturated rings. The standard InChI is InChI=1S/C31H35N7/c32-20-26-19-27(21-33)31(35-29-13-17-38(18-14-29)23-25-9-5-2-6-10-25)36-30(26)34-28-11-15-37(16-12-28)22-24-7-3-1-4-8-24/h1-10,19,28-29H,11-18,22-23H2,(H2,34,35,36). The molecule has 2 N–H and O–H groups in total. The zero-order valence-corrected chi connectivity index (χ0v) is 21.8. The highest BCUT2D eigenvalue weighted by atomic mass is 15.2. The Bertz CT molecular complexity index is 1170. The van der Waals surface area contributed by atoms with Crippen molar-refractivity contribution < 1.29 is 0 Å². The lowest BCUT2D eigenvalue weighted by Gasteiger charge is -2.33.